The van der Waals surface area contributed by atoms with Gasteiger partial charge in [-0.1, -0.05) is 13.8 Å². The van der Waals surface area contributed by atoms with E-state index in [-0.39, 0.29) is 5.56 Å². The van der Waals surface area contributed by atoms with Crippen LogP contribution in [-0.2, 0) is 17.3 Å². The lowest BCUT2D eigenvalue weighted by atomic mass is 10.3. The van der Waals surface area contributed by atoms with Crippen LogP contribution in [0.4, 0.5) is 5.69 Å². The van der Waals surface area contributed by atoms with E-state index >= 15 is 0 Å². The summed E-state index contributed by atoms with van der Waals surface area (Å²) < 4.78 is 13.2. The molecule has 1 rings (SSSR count). The van der Waals surface area contributed by atoms with Crippen molar-refractivity contribution >= 4 is 16.5 Å². The van der Waals surface area contributed by atoms with Crippen LogP contribution in [-0.4, -0.2) is 20.3 Å². The second kappa shape index (κ2) is 6.59. The molecule has 0 saturated heterocycles. The van der Waals surface area contributed by atoms with Crippen molar-refractivity contribution in [3.63, 3.8) is 0 Å². The molecule has 0 aliphatic carbocycles. The number of pyridine rings is 1. The molecule has 5 heteroatoms. The van der Waals surface area contributed by atoms with E-state index in [0.29, 0.717) is 23.9 Å². The topological polar surface area (TPSA) is 65.1 Å². The Morgan fingerprint density at radius 2 is 2.12 bits per heavy atom. The van der Waals surface area contributed by atoms with Crippen molar-refractivity contribution < 1.29 is 4.21 Å². The monoisotopic (exact) mass is 256 g/mol. The maximum atomic E-state index is 11.6. The summed E-state index contributed by atoms with van der Waals surface area (Å²) in [6.45, 7) is 4.69. The molecule has 1 unspecified atom stereocenters. The van der Waals surface area contributed by atoms with Crippen LogP contribution in [0.3, 0.4) is 0 Å². The fourth-order valence-corrected chi connectivity index (χ4v) is 2.94. The number of anilines is 1. The number of rotatable bonds is 6. The van der Waals surface area contributed by atoms with Gasteiger partial charge in [0.1, 0.15) is 0 Å². The number of hydrogen-bond donors (Lipinski definition) is 1. The number of aromatic nitrogens is 1. The third-order valence-corrected chi connectivity index (χ3v) is 4.08. The lowest BCUT2D eigenvalue weighted by molar-refractivity contribution is 0.637. The van der Waals surface area contributed by atoms with Crippen molar-refractivity contribution in [2.75, 3.05) is 17.2 Å². The molecule has 0 bridgehead atoms. The van der Waals surface area contributed by atoms with Crippen LogP contribution in [0.5, 0.6) is 0 Å². The van der Waals surface area contributed by atoms with Gasteiger partial charge < -0.3 is 10.3 Å². The van der Waals surface area contributed by atoms with E-state index in [4.69, 9.17) is 5.73 Å². The van der Waals surface area contributed by atoms with Gasteiger partial charge in [-0.2, -0.15) is 0 Å². The van der Waals surface area contributed by atoms with E-state index in [9.17, 15) is 9.00 Å². The molecule has 0 radical (unpaired) electrons. The standard InChI is InChI=1S/C12H20N2O2S/c1-10(2)9-17(16)7-3-6-14-8-11(13)4-5-12(14)15/h4-5,8,10H,3,6-7,9,13H2,1-2H3. The Bertz CT molecular complexity index is 440. The molecule has 0 saturated carbocycles. The van der Waals surface area contributed by atoms with E-state index in [2.05, 4.69) is 13.8 Å². The second-order valence-electron chi connectivity index (χ2n) is 4.55. The summed E-state index contributed by atoms with van der Waals surface area (Å²) in [5.74, 6) is 1.82. The van der Waals surface area contributed by atoms with Crippen molar-refractivity contribution in [1.29, 1.82) is 0 Å². The highest BCUT2D eigenvalue weighted by Gasteiger charge is 2.03. The van der Waals surface area contributed by atoms with Crippen LogP contribution in [0, 0.1) is 5.92 Å². The molecule has 17 heavy (non-hydrogen) atoms. The third kappa shape index (κ3) is 5.17. The van der Waals surface area contributed by atoms with Gasteiger partial charge in [-0.3, -0.25) is 9.00 Å². The minimum Gasteiger partial charge on any atom is -0.398 e. The highest BCUT2D eigenvalue weighted by molar-refractivity contribution is 7.84. The van der Waals surface area contributed by atoms with Crippen molar-refractivity contribution in [3.8, 4) is 0 Å². The van der Waals surface area contributed by atoms with Crippen LogP contribution in [0.25, 0.3) is 0 Å². The summed E-state index contributed by atoms with van der Waals surface area (Å²) in [4.78, 5) is 11.5. The second-order valence-corrected chi connectivity index (χ2v) is 6.17. The van der Waals surface area contributed by atoms with Gasteiger partial charge in [0, 0.05) is 46.8 Å². The molecule has 0 aliphatic heterocycles. The van der Waals surface area contributed by atoms with Crippen LogP contribution < -0.4 is 11.3 Å². The van der Waals surface area contributed by atoms with Gasteiger partial charge in [-0.25, -0.2) is 0 Å². The maximum Gasteiger partial charge on any atom is 0.250 e. The predicted octanol–water partition coefficient (Wildman–Crippen LogP) is 1.23. The highest BCUT2D eigenvalue weighted by Crippen LogP contribution is 2.00. The zero-order chi connectivity index (χ0) is 12.8. The number of nitrogen functional groups attached to an aromatic ring is 1. The Kier molecular flexibility index (Phi) is 5.41. The van der Waals surface area contributed by atoms with E-state index in [1.807, 2.05) is 0 Å². The van der Waals surface area contributed by atoms with Gasteiger partial charge in [0.05, 0.1) is 0 Å². The van der Waals surface area contributed by atoms with Gasteiger partial charge in [-0.15, -0.1) is 0 Å². The Morgan fingerprint density at radius 3 is 2.76 bits per heavy atom. The minimum atomic E-state index is -0.782. The van der Waals surface area contributed by atoms with E-state index in [1.54, 1.807) is 16.8 Å². The molecule has 1 aromatic rings. The average Bonchev–Trinajstić information content (AvgIpc) is 2.22. The van der Waals surface area contributed by atoms with Crippen molar-refractivity contribution in [3.05, 3.63) is 28.7 Å². The number of aryl methyl sites for hydroxylation is 1. The molecule has 0 aromatic carbocycles. The first-order valence-electron chi connectivity index (χ1n) is 5.80. The first kappa shape index (κ1) is 14.0. The molecular formula is C12H20N2O2S. The maximum absolute atomic E-state index is 11.6. The molecule has 1 heterocycles. The van der Waals surface area contributed by atoms with Crippen LogP contribution in [0.1, 0.15) is 20.3 Å². The fourth-order valence-electron chi connectivity index (χ4n) is 1.58. The number of hydrogen-bond acceptors (Lipinski definition) is 3. The van der Waals surface area contributed by atoms with E-state index < -0.39 is 10.8 Å². The van der Waals surface area contributed by atoms with Crippen molar-refractivity contribution in [2.24, 2.45) is 5.92 Å². The Morgan fingerprint density at radius 1 is 1.41 bits per heavy atom. The lowest BCUT2D eigenvalue weighted by Gasteiger charge is -2.07. The zero-order valence-corrected chi connectivity index (χ0v) is 11.2. The van der Waals surface area contributed by atoms with Gasteiger partial charge >= 0.3 is 0 Å². The van der Waals surface area contributed by atoms with Gasteiger partial charge in [-0.05, 0) is 18.4 Å². The molecule has 4 nitrogen and oxygen atoms in total. The van der Waals surface area contributed by atoms with Crippen LogP contribution in [0.2, 0.25) is 0 Å². The molecule has 1 aromatic heterocycles. The summed E-state index contributed by atoms with van der Waals surface area (Å²) in [6.07, 6.45) is 2.37. The lowest BCUT2D eigenvalue weighted by Crippen LogP contribution is -2.20. The molecule has 0 fully saturated rings. The van der Waals surface area contributed by atoms with Gasteiger partial charge in [0.25, 0.3) is 5.56 Å². The molecule has 2 N–H and O–H groups in total. The Labute approximate surface area is 104 Å². The largest absolute Gasteiger partial charge is 0.398 e. The molecule has 0 aliphatic rings. The highest BCUT2D eigenvalue weighted by atomic mass is 32.2. The van der Waals surface area contributed by atoms with E-state index in [0.717, 1.165) is 12.2 Å². The Hall–Kier alpha value is -1.10. The van der Waals surface area contributed by atoms with Crippen LogP contribution in [0.15, 0.2) is 23.1 Å². The number of nitrogens with zero attached hydrogens (tertiary/aromatic N) is 1. The smallest absolute Gasteiger partial charge is 0.250 e. The van der Waals surface area contributed by atoms with Gasteiger partial charge in [0.15, 0.2) is 0 Å². The van der Waals surface area contributed by atoms with Crippen molar-refractivity contribution in [2.45, 2.75) is 26.8 Å². The average molecular weight is 256 g/mol. The number of nitrogens with two attached hydrogens (primary N) is 1. The Balaban J connectivity index is 2.43. The molecule has 1 atom stereocenters. The van der Waals surface area contributed by atoms with Crippen molar-refractivity contribution in [1.82, 2.24) is 4.57 Å². The van der Waals surface area contributed by atoms with Crippen LogP contribution >= 0.6 is 0 Å². The molecule has 0 spiro atoms. The summed E-state index contributed by atoms with van der Waals surface area (Å²) >= 11 is 0. The molecular weight excluding hydrogens is 236 g/mol. The fraction of sp³-hybridized carbons (Fsp3) is 0.583. The molecule has 0 amide bonds. The normalized spacial score (nSPS) is 12.9. The molecule has 96 valence electrons. The summed E-state index contributed by atoms with van der Waals surface area (Å²) in [5, 5.41) is 0. The first-order valence-corrected chi connectivity index (χ1v) is 7.29. The predicted molar refractivity (Wildman–Crippen MR) is 72.4 cm³/mol. The summed E-state index contributed by atoms with van der Waals surface area (Å²) in [6, 6.07) is 3.05. The first-order chi connectivity index (χ1) is 7.99. The third-order valence-electron chi connectivity index (χ3n) is 2.30. The zero-order valence-electron chi connectivity index (χ0n) is 10.4. The minimum absolute atomic E-state index is 0.0613. The quantitative estimate of drug-likeness (QED) is 0.832. The SMILES string of the molecule is CC(C)CS(=O)CCCn1cc(N)ccc1=O. The van der Waals surface area contributed by atoms with Gasteiger partial charge in [0.2, 0.25) is 0 Å². The summed E-state index contributed by atoms with van der Waals surface area (Å²) in [5.41, 5.74) is 6.12. The summed E-state index contributed by atoms with van der Waals surface area (Å²) in [7, 11) is -0.782. The van der Waals surface area contributed by atoms with E-state index in [1.165, 1.54) is 6.07 Å².